The second-order valence-corrected chi connectivity index (χ2v) is 6.25. The number of methoxy groups -OCH3 is 2. The molecule has 150 valence electrons. The van der Waals surface area contributed by atoms with Crippen LogP contribution < -0.4 is 0 Å². The van der Waals surface area contributed by atoms with Crippen LogP contribution in [0, 0.1) is 0 Å². The summed E-state index contributed by atoms with van der Waals surface area (Å²) in [5.41, 5.74) is 1.24. The number of rotatable bonds is 9. The van der Waals surface area contributed by atoms with E-state index in [-0.39, 0.29) is 18.8 Å². The minimum absolute atomic E-state index is 0.0283. The number of benzene rings is 1. The lowest BCUT2D eigenvalue weighted by molar-refractivity contribution is -0.0284. The van der Waals surface area contributed by atoms with Crippen LogP contribution in [-0.4, -0.2) is 75.4 Å². The molecule has 1 saturated heterocycles. The van der Waals surface area contributed by atoms with Crippen molar-refractivity contribution >= 4 is 12.1 Å². The van der Waals surface area contributed by atoms with Gasteiger partial charge in [-0.05, 0) is 30.5 Å². The molecule has 1 aliphatic heterocycles. The largest absolute Gasteiger partial charge is 0.465 e. The summed E-state index contributed by atoms with van der Waals surface area (Å²) in [4.78, 5) is 25.0. The lowest BCUT2D eigenvalue weighted by Crippen LogP contribution is -2.42. The van der Waals surface area contributed by atoms with Crippen LogP contribution in [0.5, 0.6) is 0 Å². The van der Waals surface area contributed by atoms with Gasteiger partial charge in [-0.2, -0.15) is 0 Å². The maximum absolute atomic E-state index is 12.0. The third-order valence-electron chi connectivity index (χ3n) is 4.49. The predicted molar refractivity (Wildman–Crippen MR) is 96.9 cm³/mol. The number of carboxylic acid groups (broad SMARTS) is 1. The summed E-state index contributed by atoms with van der Waals surface area (Å²) >= 11 is 0. The van der Waals surface area contributed by atoms with Crippen LogP contribution in [0.25, 0.3) is 0 Å². The van der Waals surface area contributed by atoms with Crippen molar-refractivity contribution in [3.8, 4) is 0 Å². The quantitative estimate of drug-likeness (QED) is 0.518. The van der Waals surface area contributed by atoms with Gasteiger partial charge in [-0.25, -0.2) is 9.59 Å². The summed E-state index contributed by atoms with van der Waals surface area (Å²) in [6.07, 6.45) is 0.224. The van der Waals surface area contributed by atoms with Crippen LogP contribution >= 0.6 is 0 Å². The first kappa shape index (κ1) is 21.1. The number of nitrogens with zero attached hydrogens (tertiary/aromatic N) is 1. The van der Waals surface area contributed by atoms with Crippen molar-refractivity contribution in [2.75, 3.05) is 47.2 Å². The zero-order valence-corrected chi connectivity index (χ0v) is 15.8. The molecule has 0 spiro atoms. The standard InChI is InChI=1S/C19H27NO7/c1-24-9-11-26-16-7-8-20(19(22)23)17(13-16)14-3-5-15(6-4-14)18(21)27-12-10-25-2/h3-6,16-17H,7-13H2,1-2H3,(H,22,23). The molecule has 1 N–H and O–H groups in total. The molecule has 0 aromatic heterocycles. The summed E-state index contributed by atoms with van der Waals surface area (Å²) in [7, 11) is 3.15. The van der Waals surface area contributed by atoms with Gasteiger partial charge in [0.25, 0.3) is 0 Å². The van der Waals surface area contributed by atoms with Gasteiger partial charge >= 0.3 is 12.1 Å². The number of carbonyl (C=O) groups is 2. The first-order valence-corrected chi connectivity index (χ1v) is 8.93. The van der Waals surface area contributed by atoms with E-state index in [0.717, 1.165) is 5.56 Å². The van der Waals surface area contributed by atoms with Crippen LogP contribution in [0.15, 0.2) is 24.3 Å². The minimum Gasteiger partial charge on any atom is -0.465 e. The van der Waals surface area contributed by atoms with Gasteiger partial charge in [0.05, 0.1) is 37.5 Å². The third kappa shape index (κ3) is 6.20. The van der Waals surface area contributed by atoms with Crippen molar-refractivity contribution in [3.63, 3.8) is 0 Å². The first-order valence-electron chi connectivity index (χ1n) is 8.93. The molecule has 27 heavy (non-hydrogen) atoms. The van der Waals surface area contributed by atoms with E-state index in [9.17, 15) is 14.7 Å². The Balaban J connectivity index is 2.04. The maximum atomic E-state index is 12.0. The average Bonchev–Trinajstić information content (AvgIpc) is 2.68. The SMILES string of the molecule is COCCOC(=O)c1ccc(C2CC(OCCOC)CCN2C(=O)O)cc1. The van der Waals surface area contributed by atoms with Crippen molar-refractivity contribution < 1.29 is 33.6 Å². The van der Waals surface area contributed by atoms with Gasteiger partial charge in [0, 0.05) is 20.8 Å². The molecule has 1 amide bonds. The maximum Gasteiger partial charge on any atom is 0.407 e. The van der Waals surface area contributed by atoms with Crippen molar-refractivity contribution in [3.05, 3.63) is 35.4 Å². The molecule has 2 atom stereocenters. The van der Waals surface area contributed by atoms with E-state index >= 15 is 0 Å². The van der Waals surface area contributed by atoms with Crippen LogP contribution in [0.2, 0.25) is 0 Å². The second kappa shape index (κ2) is 10.9. The third-order valence-corrected chi connectivity index (χ3v) is 4.49. The Morgan fingerprint density at radius 3 is 2.37 bits per heavy atom. The Labute approximate surface area is 159 Å². The van der Waals surface area contributed by atoms with E-state index in [0.29, 0.717) is 44.8 Å². The molecule has 0 radical (unpaired) electrons. The molecule has 8 nitrogen and oxygen atoms in total. The normalized spacial score (nSPS) is 19.7. The summed E-state index contributed by atoms with van der Waals surface area (Å²) in [6, 6.07) is 6.53. The molecular formula is C19H27NO7. The summed E-state index contributed by atoms with van der Waals surface area (Å²) in [5.74, 6) is -0.432. The molecule has 1 aromatic rings. The second-order valence-electron chi connectivity index (χ2n) is 6.25. The molecule has 2 rings (SSSR count). The van der Waals surface area contributed by atoms with Gasteiger partial charge in [-0.15, -0.1) is 0 Å². The summed E-state index contributed by atoms with van der Waals surface area (Å²) in [6.45, 7) is 1.91. The van der Waals surface area contributed by atoms with E-state index in [1.807, 2.05) is 0 Å². The molecule has 0 aliphatic carbocycles. The van der Waals surface area contributed by atoms with Gasteiger partial charge in [0.2, 0.25) is 0 Å². The number of carbonyl (C=O) groups excluding carboxylic acids is 1. The number of likely N-dealkylation sites (tertiary alicyclic amines) is 1. The fraction of sp³-hybridized carbons (Fsp3) is 0.579. The van der Waals surface area contributed by atoms with Gasteiger partial charge in [0.15, 0.2) is 0 Å². The first-order chi connectivity index (χ1) is 13.1. The average molecular weight is 381 g/mol. The monoisotopic (exact) mass is 381 g/mol. The topological polar surface area (TPSA) is 94.5 Å². The minimum atomic E-state index is -0.960. The smallest absolute Gasteiger partial charge is 0.407 e. The van der Waals surface area contributed by atoms with Crippen LogP contribution in [-0.2, 0) is 18.9 Å². The predicted octanol–water partition coefficient (Wildman–Crippen LogP) is 2.34. The zero-order valence-electron chi connectivity index (χ0n) is 15.8. The highest BCUT2D eigenvalue weighted by atomic mass is 16.6. The fourth-order valence-electron chi connectivity index (χ4n) is 3.07. The van der Waals surface area contributed by atoms with Gasteiger partial charge in [-0.3, -0.25) is 0 Å². The van der Waals surface area contributed by atoms with Crippen LogP contribution in [0.1, 0.15) is 34.8 Å². The number of hydrogen-bond donors (Lipinski definition) is 1. The Kier molecular flexibility index (Phi) is 8.50. The zero-order chi connectivity index (χ0) is 19.6. The highest BCUT2D eigenvalue weighted by Gasteiger charge is 2.33. The highest BCUT2D eigenvalue weighted by Crippen LogP contribution is 2.32. The van der Waals surface area contributed by atoms with Gasteiger partial charge < -0.3 is 29.0 Å². The number of ether oxygens (including phenoxy) is 4. The number of piperidine rings is 1. The molecule has 2 unspecified atom stereocenters. The Morgan fingerprint density at radius 2 is 1.74 bits per heavy atom. The van der Waals surface area contributed by atoms with E-state index in [1.54, 1.807) is 31.4 Å². The lowest BCUT2D eigenvalue weighted by atomic mass is 9.93. The fourth-order valence-corrected chi connectivity index (χ4v) is 3.07. The molecule has 8 heteroatoms. The summed E-state index contributed by atoms with van der Waals surface area (Å²) < 4.78 is 20.7. The van der Waals surface area contributed by atoms with E-state index in [1.165, 1.54) is 12.0 Å². The Morgan fingerprint density at radius 1 is 1.07 bits per heavy atom. The van der Waals surface area contributed by atoms with Crippen molar-refractivity contribution in [2.45, 2.75) is 25.0 Å². The highest BCUT2D eigenvalue weighted by molar-refractivity contribution is 5.89. The van der Waals surface area contributed by atoms with E-state index < -0.39 is 12.1 Å². The van der Waals surface area contributed by atoms with Gasteiger partial charge in [-0.1, -0.05) is 12.1 Å². The molecule has 1 fully saturated rings. The molecule has 1 aliphatic rings. The molecule has 1 heterocycles. The molecule has 1 aromatic carbocycles. The Bertz CT molecular complexity index is 605. The number of esters is 1. The molecule has 0 saturated carbocycles. The number of amides is 1. The van der Waals surface area contributed by atoms with Crippen molar-refractivity contribution in [1.82, 2.24) is 4.90 Å². The number of hydrogen-bond acceptors (Lipinski definition) is 6. The molecular weight excluding hydrogens is 354 g/mol. The van der Waals surface area contributed by atoms with Gasteiger partial charge in [0.1, 0.15) is 6.61 Å². The molecule has 0 bridgehead atoms. The van der Waals surface area contributed by atoms with E-state index in [4.69, 9.17) is 18.9 Å². The summed E-state index contributed by atoms with van der Waals surface area (Å²) in [5, 5.41) is 9.51. The lowest BCUT2D eigenvalue weighted by Gasteiger charge is -2.38. The van der Waals surface area contributed by atoms with Crippen LogP contribution in [0.4, 0.5) is 4.79 Å². The van der Waals surface area contributed by atoms with Crippen molar-refractivity contribution in [2.24, 2.45) is 0 Å². The van der Waals surface area contributed by atoms with Crippen molar-refractivity contribution in [1.29, 1.82) is 0 Å². The van der Waals surface area contributed by atoms with E-state index in [2.05, 4.69) is 0 Å². The Hall–Kier alpha value is -2.16. The van der Waals surface area contributed by atoms with Crippen LogP contribution in [0.3, 0.4) is 0 Å².